The third kappa shape index (κ3) is 1.71. The molecule has 0 atom stereocenters. The summed E-state index contributed by atoms with van der Waals surface area (Å²) in [5.41, 5.74) is 2.22. The molecule has 3 nitrogen and oxygen atoms in total. The maximum Gasteiger partial charge on any atom is 0.269 e. The van der Waals surface area contributed by atoms with Crippen LogP contribution < -0.4 is 0 Å². The van der Waals surface area contributed by atoms with E-state index in [9.17, 15) is 10.1 Å². The summed E-state index contributed by atoms with van der Waals surface area (Å²) in [7, 11) is 0. The summed E-state index contributed by atoms with van der Waals surface area (Å²) in [6.45, 7) is 0. The topological polar surface area (TPSA) is 43.1 Å². The van der Waals surface area contributed by atoms with Gasteiger partial charge in [-0.15, -0.1) is 0 Å². The average Bonchev–Trinajstić information content (AvgIpc) is 2.49. The summed E-state index contributed by atoms with van der Waals surface area (Å²) in [5.74, 6) is 0. The molecule has 2 rings (SSSR count). The van der Waals surface area contributed by atoms with Crippen LogP contribution >= 0.6 is 0 Å². The van der Waals surface area contributed by atoms with Crippen LogP contribution in [0.3, 0.4) is 0 Å². The van der Waals surface area contributed by atoms with Gasteiger partial charge in [-0.2, -0.15) is 0 Å². The predicted octanol–water partition coefficient (Wildman–Crippen LogP) is 2.53. The summed E-state index contributed by atoms with van der Waals surface area (Å²) >= 11 is 0. The lowest BCUT2D eigenvalue weighted by Gasteiger charge is -1.96. The van der Waals surface area contributed by atoms with E-state index >= 15 is 0 Å². The Hall–Kier alpha value is -1.90. The SMILES string of the molecule is O=[N+]([O-])C1=CC2=CC=CC=C(C=C1)C2. The predicted molar refractivity (Wildman–Crippen MR) is 54.1 cm³/mol. The molecule has 0 saturated heterocycles. The van der Waals surface area contributed by atoms with Crippen LogP contribution in [0.4, 0.5) is 0 Å². The highest BCUT2D eigenvalue weighted by atomic mass is 16.6. The maximum atomic E-state index is 10.6. The molecule has 0 radical (unpaired) electrons. The molecule has 0 aromatic carbocycles. The molecule has 0 aromatic rings. The molecule has 0 amide bonds. The van der Waals surface area contributed by atoms with Crippen LogP contribution in [0.5, 0.6) is 0 Å². The quantitative estimate of drug-likeness (QED) is 0.467. The van der Waals surface area contributed by atoms with E-state index in [1.807, 2.05) is 24.3 Å². The second-order valence-electron chi connectivity index (χ2n) is 3.20. The van der Waals surface area contributed by atoms with E-state index in [4.69, 9.17) is 0 Å². The van der Waals surface area contributed by atoms with Gasteiger partial charge in [-0.25, -0.2) is 0 Å². The van der Waals surface area contributed by atoms with E-state index in [-0.39, 0.29) is 10.6 Å². The van der Waals surface area contributed by atoms with E-state index in [2.05, 4.69) is 0 Å². The van der Waals surface area contributed by atoms with Gasteiger partial charge in [0.2, 0.25) is 0 Å². The Kier molecular flexibility index (Phi) is 2.14. The Balaban J connectivity index is 2.46. The molecule has 2 aliphatic carbocycles. The lowest BCUT2D eigenvalue weighted by molar-refractivity contribution is -0.419. The monoisotopic (exact) mass is 187 g/mol. The standard InChI is InChI=1S/C11H9NO2/c13-12(14)11-6-5-9-3-1-2-4-10(7-9)8-11/h1-6,8H,7H2. The summed E-state index contributed by atoms with van der Waals surface area (Å²) < 4.78 is 0. The average molecular weight is 187 g/mol. The van der Waals surface area contributed by atoms with Crippen molar-refractivity contribution >= 4 is 0 Å². The number of hydrogen-bond donors (Lipinski definition) is 0. The number of rotatable bonds is 1. The Morgan fingerprint density at radius 3 is 2.57 bits per heavy atom. The Morgan fingerprint density at radius 1 is 1.14 bits per heavy atom. The van der Waals surface area contributed by atoms with Gasteiger partial charge in [-0.05, 0) is 17.6 Å². The van der Waals surface area contributed by atoms with Crippen LogP contribution in [-0.4, -0.2) is 4.92 Å². The summed E-state index contributed by atoms with van der Waals surface area (Å²) in [6, 6.07) is 0. The van der Waals surface area contributed by atoms with Gasteiger partial charge >= 0.3 is 0 Å². The van der Waals surface area contributed by atoms with Gasteiger partial charge in [-0.1, -0.05) is 30.4 Å². The van der Waals surface area contributed by atoms with Crippen molar-refractivity contribution in [3.8, 4) is 0 Å². The molecule has 0 unspecified atom stereocenters. The molecule has 3 heteroatoms. The molecule has 70 valence electrons. The van der Waals surface area contributed by atoms with Crippen LogP contribution in [0.2, 0.25) is 0 Å². The Morgan fingerprint density at radius 2 is 1.86 bits per heavy atom. The van der Waals surface area contributed by atoms with E-state index < -0.39 is 0 Å². The zero-order valence-electron chi connectivity index (χ0n) is 7.51. The van der Waals surface area contributed by atoms with Gasteiger partial charge < -0.3 is 0 Å². The molecular formula is C11H9NO2. The van der Waals surface area contributed by atoms with Gasteiger partial charge in [0.15, 0.2) is 0 Å². The minimum Gasteiger partial charge on any atom is -0.258 e. The van der Waals surface area contributed by atoms with Crippen molar-refractivity contribution in [1.82, 2.24) is 0 Å². The van der Waals surface area contributed by atoms with Crippen molar-refractivity contribution in [2.24, 2.45) is 0 Å². The van der Waals surface area contributed by atoms with E-state index in [0.717, 1.165) is 17.6 Å². The smallest absolute Gasteiger partial charge is 0.258 e. The van der Waals surface area contributed by atoms with E-state index in [1.54, 1.807) is 18.2 Å². The molecule has 0 aliphatic heterocycles. The number of allylic oxidation sites excluding steroid dienone is 9. The first-order valence-corrected chi connectivity index (χ1v) is 4.36. The molecule has 0 saturated carbocycles. The third-order valence-corrected chi connectivity index (χ3v) is 2.15. The van der Waals surface area contributed by atoms with Gasteiger partial charge in [0.1, 0.15) is 0 Å². The highest BCUT2D eigenvalue weighted by Crippen LogP contribution is 2.22. The van der Waals surface area contributed by atoms with Crippen LogP contribution in [0, 0.1) is 10.1 Å². The number of nitro groups is 1. The zero-order chi connectivity index (χ0) is 9.97. The number of hydrogen-bond acceptors (Lipinski definition) is 2. The molecule has 2 bridgehead atoms. The van der Waals surface area contributed by atoms with E-state index in [0.29, 0.717) is 0 Å². The molecular weight excluding hydrogens is 178 g/mol. The fraction of sp³-hybridized carbons (Fsp3) is 0.0909. The molecule has 14 heavy (non-hydrogen) atoms. The molecule has 0 N–H and O–H groups in total. The minimum absolute atomic E-state index is 0.148. The first kappa shape index (κ1) is 8.69. The highest BCUT2D eigenvalue weighted by molar-refractivity contribution is 5.44. The second-order valence-corrected chi connectivity index (χ2v) is 3.20. The molecule has 0 aromatic heterocycles. The van der Waals surface area contributed by atoms with Crippen LogP contribution in [-0.2, 0) is 0 Å². The van der Waals surface area contributed by atoms with Crippen molar-refractivity contribution in [2.45, 2.75) is 6.42 Å². The lowest BCUT2D eigenvalue weighted by Crippen LogP contribution is -1.94. The fourth-order valence-electron chi connectivity index (χ4n) is 1.47. The normalized spacial score (nSPS) is 19.0. The third-order valence-electron chi connectivity index (χ3n) is 2.15. The molecule has 0 heterocycles. The van der Waals surface area contributed by atoms with Crippen molar-refractivity contribution < 1.29 is 4.92 Å². The van der Waals surface area contributed by atoms with Crippen LogP contribution in [0.25, 0.3) is 0 Å². The van der Waals surface area contributed by atoms with Gasteiger partial charge in [0.05, 0.1) is 4.92 Å². The summed E-state index contributed by atoms with van der Waals surface area (Å²) in [5, 5.41) is 10.6. The van der Waals surface area contributed by atoms with Crippen molar-refractivity contribution in [2.75, 3.05) is 0 Å². The van der Waals surface area contributed by atoms with Gasteiger partial charge in [-0.3, -0.25) is 10.1 Å². The molecule has 0 spiro atoms. The van der Waals surface area contributed by atoms with Crippen molar-refractivity contribution in [3.63, 3.8) is 0 Å². The zero-order valence-corrected chi connectivity index (χ0v) is 7.51. The second kappa shape index (κ2) is 3.46. The maximum absolute atomic E-state index is 10.6. The first-order valence-electron chi connectivity index (χ1n) is 4.36. The lowest BCUT2D eigenvalue weighted by atomic mass is 10.1. The van der Waals surface area contributed by atoms with Crippen LogP contribution in [0.1, 0.15) is 6.42 Å². The minimum atomic E-state index is -0.362. The highest BCUT2D eigenvalue weighted by Gasteiger charge is 2.12. The van der Waals surface area contributed by atoms with Gasteiger partial charge in [0, 0.05) is 12.2 Å². The molecule has 2 aliphatic rings. The first-order chi connectivity index (χ1) is 6.75. The Bertz CT molecular complexity index is 423. The van der Waals surface area contributed by atoms with Crippen LogP contribution in [0.15, 0.2) is 59.4 Å². The largest absolute Gasteiger partial charge is 0.269 e. The van der Waals surface area contributed by atoms with Crippen molar-refractivity contribution in [3.05, 3.63) is 69.5 Å². The van der Waals surface area contributed by atoms with E-state index in [1.165, 1.54) is 0 Å². The van der Waals surface area contributed by atoms with Gasteiger partial charge in [0.25, 0.3) is 5.70 Å². The molecule has 0 fully saturated rings. The Labute approximate surface area is 81.6 Å². The number of fused-ring (bicyclic) bond motifs is 2. The van der Waals surface area contributed by atoms with Crippen molar-refractivity contribution in [1.29, 1.82) is 0 Å². The number of nitrogens with zero attached hydrogens (tertiary/aromatic N) is 1. The summed E-state index contributed by atoms with van der Waals surface area (Å²) in [4.78, 5) is 10.2. The summed E-state index contributed by atoms with van der Waals surface area (Å²) in [6.07, 6.45) is 13.4. The fourth-order valence-corrected chi connectivity index (χ4v) is 1.47.